The van der Waals surface area contributed by atoms with Crippen molar-refractivity contribution in [2.45, 2.75) is 44.6 Å². The van der Waals surface area contributed by atoms with Crippen molar-refractivity contribution in [3.8, 4) is 0 Å². The van der Waals surface area contributed by atoms with E-state index in [0.717, 1.165) is 49.4 Å². The monoisotopic (exact) mass is 406 g/mol. The minimum Gasteiger partial charge on any atom is -0.317 e. The van der Waals surface area contributed by atoms with Gasteiger partial charge in [-0.2, -0.15) is 13.2 Å². The highest BCUT2D eigenvalue weighted by Crippen LogP contribution is 2.33. The van der Waals surface area contributed by atoms with Crippen molar-refractivity contribution in [3.63, 3.8) is 0 Å². The van der Waals surface area contributed by atoms with Gasteiger partial charge in [-0.25, -0.2) is 4.98 Å². The summed E-state index contributed by atoms with van der Waals surface area (Å²) in [6.07, 6.45) is 1.81. The average molecular weight is 407 g/mol. The number of alkyl halides is 3. The Morgan fingerprint density at radius 3 is 2.69 bits per heavy atom. The van der Waals surface area contributed by atoms with Crippen molar-refractivity contribution < 1.29 is 13.2 Å². The fraction of sp³-hybridized carbons (Fsp3) is 0.529. The Labute approximate surface area is 161 Å². The molecule has 1 aliphatic heterocycles. The number of aromatic nitrogens is 2. The summed E-state index contributed by atoms with van der Waals surface area (Å²) in [5.74, 6) is 0. The summed E-state index contributed by atoms with van der Waals surface area (Å²) in [4.78, 5) is 10.8. The quantitative estimate of drug-likeness (QED) is 0.810. The van der Waals surface area contributed by atoms with Crippen LogP contribution < -0.4 is 5.32 Å². The Morgan fingerprint density at radius 2 is 2.00 bits per heavy atom. The second-order valence-corrected chi connectivity index (χ2v) is 7.31. The van der Waals surface area contributed by atoms with Crippen LogP contribution in [0.5, 0.6) is 0 Å². The molecule has 1 atom stereocenters. The molecule has 0 radical (unpaired) electrons. The zero-order valence-electron chi connectivity index (χ0n) is 14.2. The lowest BCUT2D eigenvalue weighted by molar-refractivity contribution is -0.137. The number of nitrogens with one attached hydrogen (secondary N) is 1. The molecule has 0 saturated carbocycles. The van der Waals surface area contributed by atoms with Gasteiger partial charge in [0.1, 0.15) is 0 Å². The molecule has 9 heteroatoms. The SMILES string of the molecule is Cl.FC(F)(F)c1ncc(CN(Cc2ccccn2)C2CCCNCC2)s1. The molecule has 1 fully saturated rings. The fourth-order valence-corrected chi connectivity index (χ4v) is 3.90. The standard InChI is InChI=1S/C17H21F3N4S.ClH/c18-17(19,20)16-23-10-15(25-16)12-24(11-13-4-1-2-8-22-13)14-5-3-7-21-9-6-14;/h1-2,4,8,10,14,21H,3,5-7,9,11-12H2;1H. The molecule has 4 nitrogen and oxygen atoms in total. The van der Waals surface area contributed by atoms with Gasteiger partial charge >= 0.3 is 6.18 Å². The molecule has 1 saturated heterocycles. The number of thiazole rings is 1. The van der Waals surface area contributed by atoms with E-state index < -0.39 is 11.2 Å². The predicted molar refractivity (Wildman–Crippen MR) is 98.4 cm³/mol. The van der Waals surface area contributed by atoms with Crippen LogP contribution in [-0.4, -0.2) is 34.0 Å². The first-order valence-electron chi connectivity index (χ1n) is 8.39. The van der Waals surface area contributed by atoms with Crippen LogP contribution in [0.3, 0.4) is 0 Å². The summed E-state index contributed by atoms with van der Waals surface area (Å²) in [5.41, 5.74) is 0.931. The van der Waals surface area contributed by atoms with Crippen LogP contribution in [0.25, 0.3) is 0 Å². The van der Waals surface area contributed by atoms with Gasteiger partial charge in [-0.3, -0.25) is 9.88 Å². The number of hydrogen-bond acceptors (Lipinski definition) is 5. The highest BCUT2D eigenvalue weighted by atomic mass is 35.5. The minimum atomic E-state index is -4.37. The summed E-state index contributed by atoms with van der Waals surface area (Å²) < 4.78 is 38.4. The van der Waals surface area contributed by atoms with Gasteiger partial charge in [-0.15, -0.1) is 23.7 Å². The fourth-order valence-electron chi connectivity index (χ4n) is 3.09. The zero-order valence-corrected chi connectivity index (χ0v) is 15.8. The lowest BCUT2D eigenvalue weighted by Crippen LogP contribution is -2.35. The van der Waals surface area contributed by atoms with Crippen LogP contribution in [0.2, 0.25) is 0 Å². The molecule has 3 rings (SSSR count). The third-order valence-corrected chi connectivity index (χ3v) is 5.33. The second kappa shape index (κ2) is 9.64. The summed E-state index contributed by atoms with van der Waals surface area (Å²) in [5, 5.41) is 2.61. The van der Waals surface area contributed by atoms with E-state index in [1.54, 1.807) is 6.20 Å². The molecule has 0 aromatic carbocycles. The molecule has 26 heavy (non-hydrogen) atoms. The molecule has 0 spiro atoms. The van der Waals surface area contributed by atoms with Gasteiger partial charge in [0.2, 0.25) is 0 Å². The van der Waals surface area contributed by atoms with E-state index in [2.05, 4.69) is 20.2 Å². The van der Waals surface area contributed by atoms with Crippen LogP contribution in [-0.2, 0) is 19.3 Å². The van der Waals surface area contributed by atoms with Gasteiger partial charge < -0.3 is 5.32 Å². The third-order valence-electron chi connectivity index (χ3n) is 4.31. The normalized spacial score (nSPS) is 18.4. The summed E-state index contributed by atoms with van der Waals surface area (Å²) >= 11 is 0.734. The van der Waals surface area contributed by atoms with Crippen LogP contribution in [0, 0.1) is 0 Å². The molecular weight excluding hydrogens is 385 g/mol. The van der Waals surface area contributed by atoms with Gasteiger partial charge in [0.05, 0.1) is 5.69 Å². The minimum absolute atomic E-state index is 0. The molecule has 2 aromatic rings. The Kier molecular flexibility index (Phi) is 7.82. The maximum atomic E-state index is 12.8. The molecular formula is C17H22ClF3N4S. The molecule has 1 unspecified atom stereocenters. The van der Waals surface area contributed by atoms with Crippen molar-refractivity contribution >= 4 is 23.7 Å². The van der Waals surface area contributed by atoms with Crippen molar-refractivity contribution in [1.29, 1.82) is 0 Å². The Bertz CT molecular complexity index is 658. The first kappa shape index (κ1) is 21.1. The van der Waals surface area contributed by atoms with Gasteiger partial charge in [-0.05, 0) is 44.5 Å². The maximum absolute atomic E-state index is 12.8. The summed E-state index contributed by atoms with van der Waals surface area (Å²) in [7, 11) is 0. The second-order valence-electron chi connectivity index (χ2n) is 6.19. The van der Waals surface area contributed by atoms with Crippen LogP contribution >= 0.6 is 23.7 Å². The Balaban J connectivity index is 0.00000243. The molecule has 0 amide bonds. The van der Waals surface area contributed by atoms with Crippen molar-refractivity contribution in [3.05, 3.63) is 46.2 Å². The predicted octanol–water partition coefficient (Wildman–Crippen LogP) is 4.12. The first-order chi connectivity index (χ1) is 12.0. The molecule has 144 valence electrons. The van der Waals surface area contributed by atoms with Crippen molar-refractivity contribution in [2.75, 3.05) is 13.1 Å². The van der Waals surface area contributed by atoms with E-state index in [4.69, 9.17) is 0 Å². The molecule has 0 aliphatic carbocycles. The largest absolute Gasteiger partial charge is 0.443 e. The third kappa shape index (κ3) is 5.90. The first-order valence-corrected chi connectivity index (χ1v) is 9.20. The number of pyridine rings is 1. The highest BCUT2D eigenvalue weighted by molar-refractivity contribution is 7.11. The summed E-state index contributed by atoms with van der Waals surface area (Å²) in [6.45, 7) is 3.02. The smallest absolute Gasteiger partial charge is 0.317 e. The molecule has 2 aromatic heterocycles. The zero-order chi connectivity index (χ0) is 17.7. The number of rotatable bonds is 5. The Morgan fingerprint density at radius 1 is 1.15 bits per heavy atom. The van der Waals surface area contributed by atoms with E-state index >= 15 is 0 Å². The van der Waals surface area contributed by atoms with E-state index in [1.807, 2.05) is 18.2 Å². The number of nitrogens with zero attached hydrogens (tertiary/aromatic N) is 3. The van der Waals surface area contributed by atoms with Crippen LogP contribution in [0.1, 0.15) is 34.8 Å². The highest BCUT2D eigenvalue weighted by Gasteiger charge is 2.35. The maximum Gasteiger partial charge on any atom is 0.443 e. The summed E-state index contributed by atoms with van der Waals surface area (Å²) in [6, 6.07) is 6.08. The van der Waals surface area contributed by atoms with Gasteiger partial charge in [0, 0.05) is 36.4 Å². The van der Waals surface area contributed by atoms with Crippen LogP contribution in [0.15, 0.2) is 30.6 Å². The number of halogens is 4. The topological polar surface area (TPSA) is 41.1 Å². The van der Waals surface area contributed by atoms with Gasteiger partial charge in [-0.1, -0.05) is 6.07 Å². The van der Waals surface area contributed by atoms with Gasteiger partial charge in [0.25, 0.3) is 0 Å². The van der Waals surface area contributed by atoms with Crippen LogP contribution in [0.4, 0.5) is 13.2 Å². The molecule has 1 N–H and O–H groups in total. The van der Waals surface area contributed by atoms with E-state index in [0.29, 0.717) is 24.0 Å². The van der Waals surface area contributed by atoms with E-state index in [9.17, 15) is 13.2 Å². The molecule has 3 heterocycles. The van der Waals surface area contributed by atoms with E-state index in [1.165, 1.54) is 6.20 Å². The van der Waals surface area contributed by atoms with Crippen molar-refractivity contribution in [2.24, 2.45) is 0 Å². The lowest BCUT2D eigenvalue weighted by Gasteiger charge is -2.30. The van der Waals surface area contributed by atoms with E-state index in [-0.39, 0.29) is 12.4 Å². The molecule has 0 bridgehead atoms. The lowest BCUT2D eigenvalue weighted by atomic mass is 10.1. The average Bonchev–Trinajstić information content (AvgIpc) is 2.89. The van der Waals surface area contributed by atoms with Gasteiger partial charge in [0.15, 0.2) is 5.01 Å². The number of hydrogen-bond donors (Lipinski definition) is 1. The van der Waals surface area contributed by atoms with Crippen molar-refractivity contribution in [1.82, 2.24) is 20.2 Å². The molecule has 1 aliphatic rings. The Hall–Kier alpha value is -1.22.